The topological polar surface area (TPSA) is 92.7 Å². The number of methoxy groups -OCH3 is 1. The molecule has 0 saturated carbocycles. The highest BCUT2D eigenvalue weighted by molar-refractivity contribution is 5.70. The van der Waals surface area contributed by atoms with Crippen LogP contribution in [0.1, 0.15) is 28.7 Å². The minimum atomic E-state index is -2.10. The molecule has 0 spiro atoms. The van der Waals surface area contributed by atoms with Gasteiger partial charge in [-0.05, 0) is 22.3 Å². The van der Waals surface area contributed by atoms with E-state index in [-0.39, 0.29) is 26.4 Å². The first-order valence-corrected chi connectivity index (χ1v) is 15.1. The summed E-state index contributed by atoms with van der Waals surface area (Å²) in [4.78, 5) is 12.7. The molecular weight excluding hydrogens is 572 g/mol. The molecular formula is C37H40O8. The van der Waals surface area contributed by atoms with Crippen molar-refractivity contribution < 1.29 is 38.3 Å². The second-order valence-corrected chi connectivity index (χ2v) is 11.0. The molecule has 0 bridgehead atoms. The maximum Gasteiger partial charge on any atom is 0.311 e. The van der Waals surface area contributed by atoms with E-state index < -0.39 is 42.6 Å². The van der Waals surface area contributed by atoms with Crippen LogP contribution < -0.4 is 0 Å². The third-order valence-electron chi connectivity index (χ3n) is 7.65. The van der Waals surface area contributed by atoms with Gasteiger partial charge in [0.25, 0.3) is 0 Å². The number of ether oxygens (including phenoxy) is 6. The van der Waals surface area contributed by atoms with Gasteiger partial charge in [-0.2, -0.15) is 0 Å². The lowest BCUT2D eigenvalue weighted by molar-refractivity contribution is -0.370. The Balaban J connectivity index is 1.47. The van der Waals surface area contributed by atoms with Crippen molar-refractivity contribution in [3.05, 3.63) is 144 Å². The molecule has 45 heavy (non-hydrogen) atoms. The predicted molar refractivity (Wildman–Crippen MR) is 168 cm³/mol. The van der Waals surface area contributed by atoms with E-state index in [0.29, 0.717) is 6.61 Å². The maximum absolute atomic E-state index is 12.7. The van der Waals surface area contributed by atoms with Crippen LogP contribution in [-0.2, 0) is 59.6 Å². The molecule has 236 valence electrons. The molecule has 5 rings (SSSR count). The summed E-state index contributed by atoms with van der Waals surface area (Å²) >= 11 is 0. The molecule has 1 aliphatic heterocycles. The quantitative estimate of drug-likeness (QED) is 0.173. The van der Waals surface area contributed by atoms with E-state index in [2.05, 4.69) is 0 Å². The summed E-state index contributed by atoms with van der Waals surface area (Å²) in [6.07, 6.45) is -4.00. The first-order chi connectivity index (χ1) is 22.0. The van der Waals surface area contributed by atoms with Gasteiger partial charge in [0.05, 0.1) is 40.1 Å². The van der Waals surface area contributed by atoms with Crippen molar-refractivity contribution in [3.8, 4) is 0 Å². The van der Waals surface area contributed by atoms with Gasteiger partial charge in [-0.1, -0.05) is 121 Å². The minimum absolute atomic E-state index is 0.0639. The van der Waals surface area contributed by atoms with Gasteiger partial charge >= 0.3 is 5.97 Å². The zero-order valence-corrected chi connectivity index (χ0v) is 25.4. The van der Waals surface area contributed by atoms with Crippen LogP contribution in [0.25, 0.3) is 0 Å². The van der Waals surface area contributed by atoms with E-state index in [4.69, 9.17) is 28.4 Å². The number of carbonyl (C=O) groups is 1. The first kappa shape index (κ1) is 32.5. The highest BCUT2D eigenvalue weighted by Crippen LogP contribution is 2.38. The van der Waals surface area contributed by atoms with Gasteiger partial charge in [0.15, 0.2) is 0 Å². The summed E-state index contributed by atoms with van der Waals surface area (Å²) < 4.78 is 37.0. The van der Waals surface area contributed by atoms with E-state index >= 15 is 0 Å². The molecule has 4 aromatic carbocycles. The van der Waals surface area contributed by atoms with E-state index in [1.807, 2.05) is 121 Å². The molecule has 0 aromatic heterocycles. The van der Waals surface area contributed by atoms with Crippen LogP contribution in [0, 0.1) is 0 Å². The van der Waals surface area contributed by atoms with Crippen molar-refractivity contribution in [2.45, 2.75) is 63.1 Å². The third kappa shape index (κ3) is 9.31. The molecule has 5 unspecified atom stereocenters. The highest BCUT2D eigenvalue weighted by Gasteiger charge is 2.57. The summed E-state index contributed by atoms with van der Waals surface area (Å²) in [6.45, 7) is 1.01. The van der Waals surface area contributed by atoms with Gasteiger partial charge in [-0.3, -0.25) is 4.79 Å². The van der Waals surface area contributed by atoms with Gasteiger partial charge in [-0.25, -0.2) is 0 Å². The minimum Gasteiger partial charge on any atom is -0.469 e. The van der Waals surface area contributed by atoms with Gasteiger partial charge in [-0.15, -0.1) is 0 Å². The van der Waals surface area contributed by atoms with Crippen LogP contribution in [-0.4, -0.2) is 55.0 Å². The van der Waals surface area contributed by atoms with Crippen LogP contribution in [0.5, 0.6) is 0 Å². The number of esters is 1. The van der Waals surface area contributed by atoms with Crippen LogP contribution in [0.2, 0.25) is 0 Å². The second kappa shape index (κ2) is 16.4. The van der Waals surface area contributed by atoms with Crippen molar-refractivity contribution in [2.75, 3.05) is 13.7 Å². The van der Waals surface area contributed by atoms with E-state index in [1.54, 1.807) is 0 Å². The van der Waals surface area contributed by atoms with Crippen molar-refractivity contribution in [1.29, 1.82) is 0 Å². The number of hydrogen-bond acceptors (Lipinski definition) is 8. The van der Waals surface area contributed by atoms with Gasteiger partial charge in [0.1, 0.15) is 30.8 Å². The SMILES string of the molecule is COC(=O)CC1(O)OC(COCc2ccccc2)C(OCc2ccccc2)C(OCc2ccccc2)C1OCc1ccccc1. The monoisotopic (exact) mass is 612 g/mol. The Kier molecular flexibility index (Phi) is 11.9. The number of aliphatic hydroxyl groups is 1. The molecule has 8 heteroatoms. The molecule has 0 radical (unpaired) electrons. The molecule has 5 atom stereocenters. The van der Waals surface area contributed by atoms with Crippen molar-refractivity contribution in [1.82, 2.24) is 0 Å². The summed E-state index contributed by atoms with van der Waals surface area (Å²) in [7, 11) is 1.27. The van der Waals surface area contributed by atoms with Crippen molar-refractivity contribution in [2.24, 2.45) is 0 Å². The lowest BCUT2D eigenvalue weighted by atomic mass is 9.89. The van der Waals surface area contributed by atoms with Crippen molar-refractivity contribution in [3.63, 3.8) is 0 Å². The average molecular weight is 613 g/mol. The Labute approximate surface area is 264 Å². The molecule has 1 saturated heterocycles. The Bertz CT molecular complexity index is 1420. The Morgan fingerprint density at radius 3 is 1.53 bits per heavy atom. The Morgan fingerprint density at radius 2 is 1.07 bits per heavy atom. The predicted octanol–water partition coefficient (Wildman–Crippen LogP) is 5.61. The van der Waals surface area contributed by atoms with Gasteiger partial charge in [0, 0.05) is 0 Å². The number of rotatable bonds is 15. The fourth-order valence-corrected chi connectivity index (χ4v) is 5.36. The summed E-state index contributed by atoms with van der Waals surface area (Å²) in [5, 5.41) is 12.1. The molecule has 8 nitrogen and oxygen atoms in total. The van der Waals surface area contributed by atoms with Crippen LogP contribution in [0.4, 0.5) is 0 Å². The van der Waals surface area contributed by atoms with Gasteiger partial charge < -0.3 is 33.5 Å². The zero-order valence-electron chi connectivity index (χ0n) is 25.4. The molecule has 1 heterocycles. The molecule has 1 aliphatic rings. The van der Waals surface area contributed by atoms with E-state index in [9.17, 15) is 9.90 Å². The molecule has 0 aliphatic carbocycles. The largest absolute Gasteiger partial charge is 0.469 e. The highest BCUT2D eigenvalue weighted by atomic mass is 16.7. The van der Waals surface area contributed by atoms with Gasteiger partial charge in [0.2, 0.25) is 5.79 Å². The smallest absolute Gasteiger partial charge is 0.311 e. The van der Waals surface area contributed by atoms with Crippen LogP contribution in [0.15, 0.2) is 121 Å². The maximum atomic E-state index is 12.7. The molecule has 4 aromatic rings. The Hall–Kier alpha value is -3.89. The second-order valence-electron chi connectivity index (χ2n) is 11.0. The van der Waals surface area contributed by atoms with E-state index in [1.165, 1.54) is 7.11 Å². The fourth-order valence-electron chi connectivity index (χ4n) is 5.36. The number of hydrogen-bond donors (Lipinski definition) is 1. The van der Waals surface area contributed by atoms with Crippen LogP contribution in [0.3, 0.4) is 0 Å². The first-order valence-electron chi connectivity index (χ1n) is 15.1. The summed E-state index contributed by atoms with van der Waals surface area (Å²) in [6, 6.07) is 38.9. The average Bonchev–Trinajstić information content (AvgIpc) is 3.08. The third-order valence-corrected chi connectivity index (χ3v) is 7.65. The van der Waals surface area contributed by atoms with E-state index in [0.717, 1.165) is 22.3 Å². The molecule has 0 amide bonds. The zero-order chi connectivity index (χ0) is 31.3. The lowest BCUT2D eigenvalue weighted by Crippen LogP contribution is -2.67. The lowest BCUT2D eigenvalue weighted by Gasteiger charge is -2.50. The Morgan fingerprint density at radius 1 is 0.644 bits per heavy atom. The van der Waals surface area contributed by atoms with Crippen molar-refractivity contribution >= 4 is 5.97 Å². The molecule has 1 fully saturated rings. The standard InChI is InChI=1S/C37H40O8/c1-40-33(38)22-37(39)36(44-26-31-20-12-5-13-21-31)35(43-25-30-18-10-4-11-19-30)34(42-24-29-16-8-3-9-17-29)32(45-37)27-41-23-28-14-6-2-7-15-28/h2-21,32,34-36,39H,22-27H2,1H3. The summed E-state index contributed by atoms with van der Waals surface area (Å²) in [5.74, 6) is -2.75. The number of carbonyl (C=O) groups excluding carboxylic acids is 1. The summed E-state index contributed by atoms with van der Waals surface area (Å²) in [5.41, 5.74) is 3.76. The fraction of sp³-hybridized carbons (Fsp3) is 0.324. The van der Waals surface area contributed by atoms with Crippen LogP contribution >= 0.6 is 0 Å². The number of benzene rings is 4. The normalized spacial score (nSPS) is 23.0. The molecule has 1 N–H and O–H groups in total.